The van der Waals surface area contributed by atoms with E-state index >= 15 is 0 Å². The van der Waals surface area contributed by atoms with Crippen LogP contribution in [0.2, 0.25) is 0 Å². The highest BCUT2D eigenvalue weighted by atomic mass is 32.2. The summed E-state index contributed by atoms with van der Waals surface area (Å²) in [5.41, 5.74) is -1.28. The molecule has 1 spiro atoms. The van der Waals surface area contributed by atoms with E-state index in [1.807, 2.05) is 19.0 Å². The molecule has 2 aliphatic rings. The van der Waals surface area contributed by atoms with Crippen LogP contribution in [0.25, 0.3) is 5.76 Å². The standard InChI is InChI=1S/C26H30N4O6S/c1-6-29-20-13-8-7-12-19(20)26(25(29)34)21(23(32)24(33)30(26)15-14-27(2)3)22(31)17-10-9-11-18(16-17)37(35,36)28(4)5/h7-13,16,31H,6,14-15H2,1-5H3. The Morgan fingerprint density at radius 1 is 1.00 bits per heavy atom. The first-order valence-electron chi connectivity index (χ1n) is 11.8. The summed E-state index contributed by atoms with van der Waals surface area (Å²) in [7, 11) is 2.52. The maximum absolute atomic E-state index is 14.1. The summed E-state index contributed by atoms with van der Waals surface area (Å²) in [4.78, 5) is 45.6. The second kappa shape index (κ2) is 9.40. The number of Topliss-reactive ketones (excluding diaryl/α,β-unsaturated/α-hetero) is 1. The number of sulfonamides is 1. The number of hydrogen-bond acceptors (Lipinski definition) is 7. The number of aliphatic hydroxyl groups excluding tert-OH is 1. The van der Waals surface area contributed by atoms with E-state index in [9.17, 15) is 27.9 Å². The fraction of sp³-hybridized carbons (Fsp3) is 0.346. The molecule has 2 heterocycles. The lowest BCUT2D eigenvalue weighted by Crippen LogP contribution is -2.53. The Balaban J connectivity index is 2.04. The zero-order valence-electron chi connectivity index (χ0n) is 21.4. The third kappa shape index (κ3) is 3.85. The highest BCUT2D eigenvalue weighted by Gasteiger charge is 2.66. The number of carbonyl (C=O) groups is 3. The van der Waals surface area contributed by atoms with Crippen LogP contribution < -0.4 is 4.90 Å². The van der Waals surface area contributed by atoms with Crippen LogP contribution in [-0.4, -0.2) is 93.1 Å². The number of likely N-dealkylation sites (tertiary alicyclic amines) is 1. The molecule has 37 heavy (non-hydrogen) atoms. The van der Waals surface area contributed by atoms with E-state index in [4.69, 9.17) is 0 Å². The lowest BCUT2D eigenvalue weighted by atomic mass is 9.82. The summed E-state index contributed by atoms with van der Waals surface area (Å²) in [6.45, 7) is 2.50. The van der Waals surface area contributed by atoms with Crippen molar-refractivity contribution in [2.45, 2.75) is 17.4 Å². The predicted molar refractivity (Wildman–Crippen MR) is 138 cm³/mol. The van der Waals surface area contributed by atoms with Gasteiger partial charge in [0.2, 0.25) is 10.0 Å². The van der Waals surface area contributed by atoms with E-state index < -0.39 is 38.9 Å². The van der Waals surface area contributed by atoms with Crippen molar-refractivity contribution in [2.75, 3.05) is 52.7 Å². The average Bonchev–Trinajstić information content (AvgIpc) is 3.24. The molecule has 0 aromatic heterocycles. The highest BCUT2D eigenvalue weighted by Crippen LogP contribution is 2.53. The van der Waals surface area contributed by atoms with Gasteiger partial charge in [-0.05, 0) is 39.2 Å². The van der Waals surface area contributed by atoms with Crippen LogP contribution in [0.3, 0.4) is 0 Å². The molecule has 2 amide bonds. The van der Waals surface area contributed by atoms with Crippen molar-refractivity contribution in [3.05, 3.63) is 65.2 Å². The molecule has 0 radical (unpaired) electrons. The van der Waals surface area contributed by atoms with E-state index in [0.29, 0.717) is 17.8 Å². The molecule has 0 saturated carbocycles. The third-order valence-electron chi connectivity index (χ3n) is 6.78. The number of carbonyl (C=O) groups excluding carboxylic acids is 3. The van der Waals surface area contributed by atoms with E-state index in [0.717, 1.165) is 4.31 Å². The minimum atomic E-state index is -3.85. The molecule has 2 aromatic rings. The summed E-state index contributed by atoms with van der Waals surface area (Å²) >= 11 is 0. The van der Waals surface area contributed by atoms with E-state index in [1.54, 1.807) is 31.2 Å². The minimum absolute atomic E-state index is 0.00754. The summed E-state index contributed by atoms with van der Waals surface area (Å²) < 4.78 is 26.5. The molecule has 0 bridgehead atoms. The number of fused-ring (bicyclic) bond motifs is 2. The summed E-state index contributed by atoms with van der Waals surface area (Å²) in [5.74, 6) is -3.03. The van der Waals surface area contributed by atoms with Crippen LogP contribution >= 0.6 is 0 Å². The highest BCUT2D eigenvalue weighted by molar-refractivity contribution is 7.89. The fourth-order valence-corrected chi connectivity index (χ4v) is 5.89. The van der Waals surface area contributed by atoms with Gasteiger partial charge in [0.25, 0.3) is 17.6 Å². The van der Waals surface area contributed by atoms with Crippen molar-refractivity contribution >= 4 is 39.1 Å². The first-order chi connectivity index (χ1) is 17.4. The van der Waals surface area contributed by atoms with Crippen molar-refractivity contribution < 1.29 is 27.9 Å². The zero-order valence-corrected chi connectivity index (χ0v) is 22.2. The van der Waals surface area contributed by atoms with Crippen LogP contribution in [0.4, 0.5) is 5.69 Å². The first kappa shape index (κ1) is 26.5. The molecule has 11 heteroatoms. The van der Waals surface area contributed by atoms with Gasteiger partial charge >= 0.3 is 0 Å². The smallest absolute Gasteiger partial charge is 0.296 e. The normalized spacial score (nSPS) is 21.1. The summed E-state index contributed by atoms with van der Waals surface area (Å²) in [6, 6.07) is 12.4. The van der Waals surface area contributed by atoms with Gasteiger partial charge < -0.3 is 19.8 Å². The Morgan fingerprint density at radius 3 is 2.30 bits per heavy atom. The molecule has 1 fully saturated rings. The van der Waals surface area contributed by atoms with Crippen LogP contribution in [-0.2, 0) is 29.9 Å². The van der Waals surface area contributed by atoms with Gasteiger partial charge in [-0.3, -0.25) is 14.4 Å². The Bertz CT molecular complexity index is 1430. The quantitative estimate of drug-likeness (QED) is 0.330. The van der Waals surface area contributed by atoms with E-state index in [-0.39, 0.29) is 29.1 Å². The SMILES string of the molecule is CCN1C(=O)C2(C(=C(O)c3cccc(S(=O)(=O)N(C)C)c3)C(=O)C(=O)N2CCN(C)C)c2ccccc21. The molecule has 1 N–H and O–H groups in total. The number of likely N-dealkylation sites (N-methyl/N-ethyl adjacent to an activating group) is 2. The maximum atomic E-state index is 14.1. The van der Waals surface area contributed by atoms with Crippen molar-refractivity contribution in [3.8, 4) is 0 Å². The van der Waals surface area contributed by atoms with Crippen molar-refractivity contribution in [3.63, 3.8) is 0 Å². The Labute approximate surface area is 216 Å². The number of nitrogens with zero attached hydrogens (tertiary/aromatic N) is 4. The van der Waals surface area contributed by atoms with Gasteiger partial charge in [-0.25, -0.2) is 12.7 Å². The minimum Gasteiger partial charge on any atom is -0.507 e. The number of ketones is 1. The number of benzene rings is 2. The third-order valence-corrected chi connectivity index (χ3v) is 8.59. The van der Waals surface area contributed by atoms with Crippen LogP contribution in [0.15, 0.2) is 59.0 Å². The second-order valence-electron chi connectivity index (χ2n) is 9.41. The van der Waals surface area contributed by atoms with Gasteiger partial charge in [0.15, 0.2) is 5.54 Å². The van der Waals surface area contributed by atoms with Crippen molar-refractivity contribution in [1.82, 2.24) is 14.1 Å². The van der Waals surface area contributed by atoms with Gasteiger partial charge in [-0.1, -0.05) is 30.3 Å². The molecule has 2 aromatic carbocycles. The molecule has 1 unspecified atom stereocenters. The Kier molecular flexibility index (Phi) is 6.74. The zero-order chi connectivity index (χ0) is 27.3. The average molecular weight is 527 g/mol. The summed E-state index contributed by atoms with van der Waals surface area (Å²) in [5, 5.41) is 11.6. The monoisotopic (exact) mass is 526 g/mol. The van der Waals surface area contributed by atoms with Crippen LogP contribution in [0.1, 0.15) is 18.1 Å². The molecule has 1 atom stereocenters. The number of para-hydroxylation sites is 1. The lowest BCUT2D eigenvalue weighted by molar-refractivity contribution is -0.143. The molecule has 196 valence electrons. The van der Waals surface area contributed by atoms with Gasteiger partial charge in [-0.15, -0.1) is 0 Å². The number of anilines is 1. The molecule has 10 nitrogen and oxygen atoms in total. The number of amides is 2. The van der Waals surface area contributed by atoms with Gasteiger partial charge in [0, 0.05) is 44.9 Å². The molecule has 2 aliphatic heterocycles. The topological polar surface area (TPSA) is 119 Å². The van der Waals surface area contributed by atoms with Crippen LogP contribution in [0, 0.1) is 0 Å². The lowest BCUT2D eigenvalue weighted by Gasteiger charge is -2.35. The van der Waals surface area contributed by atoms with E-state index in [2.05, 4.69) is 0 Å². The molecular formula is C26H30N4O6S. The second-order valence-corrected chi connectivity index (χ2v) is 11.6. The van der Waals surface area contributed by atoms with Crippen molar-refractivity contribution in [1.29, 1.82) is 0 Å². The molecular weight excluding hydrogens is 496 g/mol. The van der Waals surface area contributed by atoms with Gasteiger partial charge in [0.05, 0.1) is 16.2 Å². The van der Waals surface area contributed by atoms with Gasteiger partial charge in [0.1, 0.15) is 5.76 Å². The largest absolute Gasteiger partial charge is 0.507 e. The number of rotatable bonds is 7. The Hall–Kier alpha value is -3.54. The van der Waals surface area contributed by atoms with Crippen LogP contribution in [0.5, 0.6) is 0 Å². The fourth-order valence-electron chi connectivity index (χ4n) is 4.94. The first-order valence-corrected chi connectivity index (χ1v) is 13.2. The molecule has 0 aliphatic carbocycles. The summed E-state index contributed by atoms with van der Waals surface area (Å²) in [6.07, 6.45) is 0. The molecule has 4 rings (SSSR count). The number of hydrogen-bond donors (Lipinski definition) is 1. The number of aliphatic hydroxyl groups is 1. The maximum Gasteiger partial charge on any atom is 0.296 e. The van der Waals surface area contributed by atoms with E-state index in [1.165, 1.54) is 48.2 Å². The van der Waals surface area contributed by atoms with Gasteiger partial charge in [-0.2, -0.15) is 0 Å². The predicted octanol–water partition coefficient (Wildman–Crippen LogP) is 1.44. The Morgan fingerprint density at radius 2 is 1.68 bits per heavy atom. The van der Waals surface area contributed by atoms with Crippen molar-refractivity contribution in [2.24, 2.45) is 0 Å². The molecule has 1 saturated heterocycles.